The minimum atomic E-state index is 0.783. The molecule has 18 heavy (non-hydrogen) atoms. The molecule has 0 atom stereocenters. The van der Waals surface area contributed by atoms with Crippen molar-refractivity contribution in [3.8, 4) is 11.5 Å². The van der Waals surface area contributed by atoms with Crippen LogP contribution in [0.2, 0.25) is 0 Å². The van der Waals surface area contributed by atoms with E-state index in [9.17, 15) is 0 Å². The van der Waals surface area contributed by atoms with Crippen LogP contribution in [0.15, 0.2) is 60.7 Å². The fourth-order valence-electron chi connectivity index (χ4n) is 1.82. The molecule has 2 rings (SSSR count). The van der Waals surface area contributed by atoms with Crippen LogP contribution in [-0.4, -0.2) is 0 Å². The number of allylic oxidation sites excluding steroid dienone is 2. The highest BCUT2D eigenvalue weighted by Crippen LogP contribution is 2.29. The van der Waals surface area contributed by atoms with Gasteiger partial charge in [-0.1, -0.05) is 42.5 Å². The van der Waals surface area contributed by atoms with Gasteiger partial charge in [0.25, 0.3) is 0 Å². The van der Waals surface area contributed by atoms with Crippen LogP contribution in [0.4, 0.5) is 0 Å². The van der Waals surface area contributed by atoms with Crippen LogP contribution in [0.5, 0.6) is 11.5 Å². The Morgan fingerprint density at radius 3 is 2.44 bits per heavy atom. The summed E-state index contributed by atoms with van der Waals surface area (Å²) in [4.78, 5) is 0. The Balaban J connectivity index is 2.31. The van der Waals surface area contributed by atoms with Gasteiger partial charge in [0.05, 0.1) is 0 Å². The van der Waals surface area contributed by atoms with E-state index in [0.717, 1.165) is 23.5 Å². The molecule has 91 valence electrons. The van der Waals surface area contributed by atoms with Gasteiger partial charge < -0.3 is 4.74 Å². The summed E-state index contributed by atoms with van der Waals surface area (Å²) in [6.45, 7) is 5.93. The second-order valence-corrected chi connectivity index (χ2v) is 4.09. The standard InChI is InChI=1S/C17H17O/c1-3-9-14(2)16-12-7-8-13-17(16)18-15-10-5-4-6-11-15/h4-13H,1,3H2,2H3/b14-9-. The van der Waals surface area contributed by atoms with E-state index in [2.05, 4.69) is 26.0 Å². The SMILES string of the molecule is [CH2]C/C=C(/C)c1ccccc1Oc1ccccc1. The Hall–Kier alpha value is -2.02. The second kappa shape index (κ2) is 6.06. The maximum absolute atomic E-state index is 5.92. The average Bonchev–Trinajstić information content (AvgIpc) is 2.41. The Labute approximate surface area is 109 Å². The van der Waals surface area contributed by atoms with Gasteiger partial charge in [0.15, 0.2) is 0 Å². The maximum atomic E-state index is 5.92. The number of para-hydroxylation sites is 2. The van der Waals surface area contributed by atoms with Crippen LogP contribution in [0.25, 0.3) is 5.57 Å². The van der Waals surface area contributed by atoms with E-state index < -0.39 is 0 Å². The van der Waals surface area contributed by atoms with Crippen LogP contribution in [-0.2, 0) is 0 Å². The highest BCUT2D eigenvalue weighted by Gasteiger charge is 2.05. The molecule has 0 aliphatic heterocycles. The Morgan fingerprint density at radius 1 is 1.06 bits per heavy atom. The molecule has 0 aromatic heterocycles. The highest BCUT2D eigenvalue weighted by molar-refractivity contribution is 5.69. The van der Waals surface area contributed by atoms with E-state index >= 15 is 0 Å². The molecular weight excluding hydrogens is 220 g/mol. The highest BCUT2D eigenvalue weighted by atomic mass is 16.5. The van der Waals surface area contributed by atoms with Crippen LogP contribution in [0, 0.1) is 6.92 Å². The van der Waals surface area contributed by atoms with E-state index in [1.54, 1.807) is 0 Å². The third-order valence-electron chi connectivity index (χ3n) is 2.73. The lowest BCUT2D eigenvalue weighted by atomic mass is 10.1. The lowest BCUT2D eigenvalue weighted by Crippen LogP contribution is -1.89. The van der Waals surface area contributed by atoms with Gasteiger partial charge in [-0.15, -0.1) is 0 Å². The molecule has 0 saturated carbocycles. The molecule has 0 bridgehead atoms. The van der Waals surface area contributed by atoms with Gasteiger partial charge in [0.2, 0.25) is 0 Å². The smallest absolute Gasteiger partial charge is 0.134 e. The first-order valence-electron chi connectivity index (χ1n) is 6.09. The fraction of sp³-hybridized carbons (Fsp3) is 0.118. The molecule has 2 aromatic rings. The zero-order chi connectivity index (χ0) is 12.8. The minimum absolute atomic E-state index is 0.783. The number of ether oxygens (including phenoxy) is 1. The molecule has 1 nitrogen and oxygen atoms in total. The number of hydrogen-bond acceptors (Lipinski definition) is 1. The van der Waals surface area contributed by atoms with Crippen molar-refractivity contribution in [3.63, 3.8) is 0 Å². The summed E-state index contributed by atoms with van der Waals surface area (Å²) in [5.74, 6) is 1.73. The van der Waals surface area contributed by atoms with Gasteiger partial charge in [0, 0.05) is 5.56 Å². The summed E-state index contributed by atoms with van der Waals surface area (Å²) in [5.41, 5.74) is 2.31. The lowest BCUT2D eigenvalue weighted by Gasteiger charge is -2.11. The zero-order valence-electron chi connectivity index (χ0n) is 10.6. The van der Waals surface area contributed by atoms with Gasteiger partial charge >= 0.3 is 0 Å². The largest absolute Gasteiger partial charge is 0.457 e. The predicted molar refractivity (Wildman–Crippen MR) is 76.6 cm³/mol. The molecular formula is C17H17O. The molecule has 1 radical (unpaired) electrons. The average molecular weight is 237 g/mol. The van der Waals surface area contributed by atoms with Crippen molar-refractivity contribution in [1.29, 1.82) is 0 Å². The molecule has 0 aliphatic rings. The minimum Gasteiger partial charge on any atom is -0.457 e. The van der Waals surface area contributed by atoms with Crippen molar-refractivity contribution in [1.82, 2.24) is 0 Å². The molecule has 0 amide bonds. The van der Waals surface area contributed by atoms with Gasteiger partial charge in [0.1, 0.15) is 11.5 Å². The monoisotopic (exact) mass is 237 g/mol. The Morgan fingerprint density at radius 2 is 1.72 bits per heavy atom. The van der Waals surface area contributed by atoms with E-state index in [4.69, 9.17) is 4.74 Å². The summed E-state index contributed by atoms with van der Waals surface area (Å²) in [5, 5.41) is 0. The molecule has 0 spiro atoms. The van der Waals surface area contributed by atoms with Crippen molar-refractivity contribution in [2.24, 2.45) is 0 Å². The van der Waals surface area contributed by atoms with Crippen molar-refractivity contribution in [2.75, 3.05) is 0 Å². The summed E-state index contributed by atoms with van der Waals surface area (Å²) in [6.07, 6.45) is 2.89. The fourth-order valence-corrected chi connectivity index (χ4v) is 1.82. The van der Waals surface area contributed by atoms with Crippen molar-refractivity contribution < 1.29 is 4.74 Å². The molecule has 0 N–H and O–H groups in total. The molecule has 0 fully saturated rings. The lowest BCUT2D eigenvalue weighted by molar-refractivity contribution is 0.481. The van der Waals surface area contributed by atoms with E-state index in [-0.39, 0.29) is 0 Å². The van der Waals surface area contributed by atoms with Gasteiger partial charge in [-0.3, -0.25) is 0 Å². The van der Waals surface area contributed by atoms with E-state index in [1.807, 2.05) is 48.5 Å². The first-order valence-corrected chi connectivity index (χ1v) is 6.09. The number of benzene rings is 2. The van der Waals surface area contributed by atoms with Crippen LogP contribution < -0.4 is 4.74 Å². The normalized spacial score (nSPS) is 11.3. The summed E-state index contributed by atoms with van der Waals surface area (Å²) in [6, 6.07) is 17.9. The van der Waals surface area contributed by atoms with E-state index in [0.29, 0.717) is 0 Å². The third kappa shape index (κ3) is 3.01. The topological polar surface area (TPSA) is 9.23 Å². The Kier molecular flexibility index (Phi) is 4.19. The summed E-state index contributed by atoms with van der Waals surface area (Å²) >= 11 is 0. The van der Waals surface area contributed by atoms with Gasteiger partial charge in [-0.25, -0.2) is 0 Å². The second-order valence-electron chi connectivity index (χ2n) is 4.09. The third-order valence-corrected chi connectivity index (χ3v) is 2.73. The van der Waals surface area contributed by atoms with Crippen molar-refractivity contribution in [2.45, 2.75) is 13.3 Å². The van der Waals surface area contributed by atoms with Gasteiger partial charge in [-0.05, 0) is 44.0 Å². The molecule has 1 heteroatoms. The first-order chi connectivity index (χ1) is 8.81. The van der Waals surface area contributed by atoms with Crippen LogP contribution in [0.3, 0.4) is 0 Å². The molecule has 2 aromatic carbocycles. The number of rotatable bonds is 4. The zero-order valence-corrected chi connectivity index (χ0v) is 10.6. The predicted octanol–water partition coefficient (Wildman–Crippen LogP) is 5.11. The number of hydrogen-bond donors (Lipinski definition) is 0. The van der Waals surface area contributed by atoms with Crippen LogP contribution in [0.1, 0.15) is 18.9 Å². The Bertz CT molecular complexity index is 526. The summed E-state index contributed by atoms with van der Waals surface area (Å²) < 4.78 is 5.92. The molecule has 0 heterocycles. The van der Waals surface area contributed by atoms with Crippen LogP contribution >= 0.6 is 0 Å². The van der Waals surface area contributed by atoms with Crippen molar-refractivity contribution in [3.05, 3.63) is 73.2 Å². The first kappa shape index (κ1) is 12.4. The summed E-state index contributed by atoms with van der Waals surface area (Å²) in [7, 11) is 0. The molecule has 0 saturated heterocycles. The quantitative estimate of drug-likeness (QED) is 0.718. The van der Waals surface area contributed by atoms with Crippen molar-refractivity contribution >= 4 is 5.57 Å². The van der Waals surface area contributed by atoms with Gasteiger partial charge in [-0.2, -0.15) is 0 Å². The maximum Gasteiger partial charge on any atom is 0.134 e. The molecule has 0 unspecified atom stereocenters. The van der Waals surface area contributed by atoms with E-state index in [1.165, 1.54) is 5.57 Å². The molecule has 0 aliphatic carbocycles.